The fourth-order valence-corrected chi connectivity index (χ4v) is 2.11. The summed E-state index contributed by atoms with van der Waals surface area (Å²) in [7, 11) is 0. The third-order valence-electron chi connectivity index (χ3n) is 3.10. The molecule has 1 aliphatic heterocycles. The Morgan fingerprint density at radius 1 is 1.26 bits per heavy atom. The van der Waals surface area contributed by atoms with E-state index in [4.69, 9.17) is 4.74 Å². The standard InChI is InChI=1S/C10H11FN4O4/c11-1-4-6(16)7(17)10(19-4)15-3-14-5-8(15)12-2-13-9(5)18/h2-4,6-7,10,16-17H,1H2,(H,12,13,18)/t4-,6-,7-,10-/m1/s1. The third-order valence-corrected chi connectivity index (χ3v) is 3.10. The van der Waals surface area contributed by atoms with Gasteiger partial charge in [-0.2, -0.15) is 4.98 Å². The molecule has 0 saturated carbocycles. The Balaban J connectivity index is 2.04. The lowest BCUT2D eigenvalue weighted by Crippen LogP contribution is -2.32. The number of aromatic hydroxyl groups is 1. The lowest BCUT2D eigenvalue weighted by Gasteiger charge is -2.16. The lowest BCUT2D eigenvalue weighted by atomic mass is 10.1. The lowest BCUT2D eigenvalue weighted by molar-refractivity contribution is -0.0409. The summed E-state index contributed by atoms with van der Waals surface area (Å²) in [4.78, 5) is 11.4. The molecule has 4 atom stereocenters. The van der Waals surface area contributed by atoms with Crippen molar-refractivity contribution in [3.05, 3.63) is 12.7 Å². The molecule has 0 bridgehead atoms. The number of aliphatic hydroxyl groups is 2. The van der Waals surface area contributed by atoms with E-state index in [1.165, 1.54) is 10.9 Å². The Morgan fingerprint density at radius 2 is 2.05 bits per heavy atom. The summed E-state index contributed by atoms with van der Waals surface area (Å²) in [6.07, 6.45) is -2.36. The fraction of sp³-hybridized carbons (Fsp3) is 0.500. The van der Waals surface area contributed by atoms with Crippen LogP contribution in [0.1, 0.15) is 6.23 Å². The predicted octanol–water partition coefficient (Wildman–Crippen LogP) is -0.879. The molecular formula is C10H11FN4O4. The second kappa shape index (κ2) is 4.37. The Kier molecular flexibility index (Phi) is 2.81. The molecule has 0 radical (unpaired) electrons. The predicted molar refractivity (Wildman–Crippen MR) is 58.9 cm³/mol. The van der Waals surface area contributed by atoms with E-state index in [2.05, 4.69) is 15.0 Å². The first-order chi connectivity index (χ1) is 9.13. The van der Waals surface area contributed by atoms with Gasteiger partial charge in [-0.3, -0.25) is 4.57 Å². The van der Waals surface area contributed by atoms with E-state index in [0.717, 1.165) is 6.33 Å². The Hall–Kier alpha value is -1.84. The normalized spacial score (nSPS) is 31.1. The molecule has 1 aliphatic rings. The molecule has 3 heterocycles. The molecule has 2 aromatic heterocycles. The molecule has 0 unspecified atom stereocenters. The number of aromatic nitrogens is 4. The summed E-state index contributed by atoms with van der Waals surface area (Å²) in [5, 5.41) is 29.0. The molecule has 0 amide bonds. The van der Waals surface area contributed by atoms with E-state index >= 15 is 0 Å². The van der Waals surface area contributed by atoms with Gasteiger partial charge in [-0.05, 0) is 0 Å². The minimum atomic E-state index is -1.33. The van der Waals surface area contributed by atoms with Gasteiger partial charge in [-0.15, -0.1) is 0 Å². The summed E-state index contributed by atoms with van der Waals surface area (Å²) in [6.45, 7) is -0.915. The minimum Gasteiger partial charge on any atom is -0.492 e. The largest absolute Gasteiger partial charge is 0.492 e. The number of ether oxygens (including phenoxy) is 1. The zero-order valence-electron chi connectivity index (χ0n) is 9.59. The van der Waals surface area contributed by atoms with Gasteiger partial charge in [0.2, 0.25) is 5.88 Å². The Morgan fingerprint density at radius 3 is 2.74 bits per heavy atom. The molecule has 3 rings (SSSR count). The average molecular weight is 270 g/mol. The van der Waals surface area contributed by atoms with Gasteiger partial charge in [0.15, 0.2) is 17.4 Å². The number of hydrogen-bond donors (Lipinski definition) is 3. The van der Waals surface area contributed by atoms with Crippen LogP contribution in [0.4, 0.5) is 4.39 Å². The number of halogens is 1. The summed E-state index contributed by atoms with van der Waals surface area (Å²) >= 11 is 0. The molecule has 102 valence electrons. The van der Waals surface area contributed by atoms with Crippen molar-refractivity contribution in [3.8, 4) is 5.88 Å². The number of imidazole rings is 1. The number of fused-ring (bicyclic) bond motifs is 1. The first-order valence-electron chi connectivity index (χ1n) is 5.57. The van der Waals surface area contributed by atoms with Crippen LogP contribution in [0, 0.1) is 0 Å². The first-order valence-corrected chi connectivity index (χ1v) is 5.57. The van der Waals surface area contributed by atoms with Crippen LogP contribution < -0.4 is 0 Å². The van der Waals surface area contributed by atoms with E-state index in [1.807, 2.05) is 0 Å². The Bertz CT molecular complexity index is 606. The number of rotatable bonds is 2. The van der Waals surface area contributed by atoms with Crippen LogP contribution in [0.25, 0.3) is 11.2 Å². The van der Waals surface area contributed by atoms with Crippen LogP contribution in [0.2, 0.25) is 0 Å². The van der Waals surface area contributed by atoms with E-state index in [9.17, 15) is 19.7 Å². The van der Waals surface area contributed by atoms with Gasteiger partial charge in [-0.1, -0.05) is 0 Å². The molecular weight excluding hydrogens is 259 g/mol. The topological polar surface area (TPSA) is 114 Å². The number of hydrogen-bond acceptors (Lipinski definition) is 7. The maximum Gasteiger partial charge on any atom is 0.242 e. The summed E-state index contributed by atoms with van der Waals surface area (Å²) in [5.41, 5.74) is 0.361. The van der Waals surface area contributed by atoms with Crippen LogP contribution >= 0.6 is 0 Å². The average Bonchev–Trinajstić information content (AvgIpc) is 2.94. The van der Waals surface area contributed by atoms with Gasteiger partial charge in [0, 0.05) is 0 Å². The zero-order chi connectivity index (χ0) is 13.6. The van der Waals surface area contributed by atoms with Crippen LogP contribution in [0.5, 0.6) is 5.88 Å². The highest BCUT2D eigenvalue weighted by molar-refractivity contribution is 5.75. The van der Waals surface area contributed by atoms with Crippen LogP contribution in [0.3, 0.4) is 0 Å². The van der Waals surface area contributed by atoms with E-state index in [1.54, 1.807) is 0 Å². The van der Waals surface area contributed by atoms with E-state index < -0.39 is 31.2 Å². The summed E-state index contributed by atoms with van der Waals surface area (Å²) in [6, 6.07) is 0. The van der Waals surface area contributed by atoms with Crippen molar-refractivity contribution in [1.82, 2.24) is 19.5 Å². The van der Waals surface area contributed by atoms with Crippen molar-refractivity contribution < 1.29 is 24.4 Å². The monoisotopic (exact) mass is 270 g/mol. The summed E-state index contributed by atoms with van der Waals surface area (Å²) < 4.78 is 19.2. The smallest absolute Gasteiger partial charge is 0.242 e. The molecule has 0 spiro atoms. The van der Waals surface area contributed by atoms with Crippen molar-refractivity contribution >= 4 is 11.2 Å². The Labute approximate surface area is 106 Å². The molecule has 0 aliphatic carbocycles. The SMILES string of the molecule is Oc1ncnc2c1ncn2[C@@H]1O[C@H](CF)[C@@H](O)[C@H]1O. The van der Waals surface area contributed by atoms with Crippen molar-refractivity contribution in [2.75, 3.05) is 6.67 Å². The highest BCUT2D eigenvalue weighted by atomic mass is 19.1. The molecule has 1 saturated heterocycles. The van der Waals surface area contributed by atoms with Gasteiger partial charge in [0.1, 0.15) is 31.3 Å². The second-order valence-electron chi connectivity index (χ2n) is 4.22. The van der Waals surface area contributed by atoms with E-state index in [0.29, 0.717) is 0 Å². The van der Waals surface area contributed by atoms with Gasteiger partial charge in [-0.25, -0.2) is 14.4 Å². The van der Waals surface area contributed by atoms with Gasteiger partial charge in [0.25, 0.3) is 0 Å². The molecule has 1 fully saturated rings. The van der Waals surface area contributed by atoms with E-state index in [-0.39, 0.29) is 17.0 Å². The highest BCUT2D eigenvalue weighted by Gasteiger charge is 2.44. The van der Waals surface area contributed by atoms with Crippen molar-refractivity contribution in [2.24, 2.45) is 0 Å². The summed E-state index contributed by atoms with van der Waals surface area (Å²) in [5.74, 6) is -0.307. The quantitative estimate of drug-likeness (QED) is 0.649. The van der Waals surface area contributed by atoms with Crippen LogP contribution in [-0.2, 0) is 4.74 Å². The molecule has 2 aromatic rings. The number of aliphatic hydroxyl groups excluding tert-OH is 2. The second-order valence-corrected chi connectivity index (χ2v) is 4.22. The first kappa shape index (κ1) is 12.2. The third kappa shape index (κ3) is 1.74. The number of nitrogens with zero attached hydrogens (tertiary/aromatic N) is 4. The molecule has 9 heteroatoms. The van der Waals surface area contributed by atoms with Gasteiger partial charge < -0.3 is 20.1 Å². The van der Waals surface area contributed by atoms with Gasteiger partial charge >= 0.3 is 0 Å². The fourth-order valence-electron chi connectivity index (χ4n) is 2.11. The van der Waals surface area contributed by atoms with Crippen LogP contribution in [0.15, 0.2) is 12.7 Å². The molecule has 8 nitrogen and oxygen atoms in total. The molecule has 3 N–H and O–H groups in total. The van der Waals surface area contributed by atoms with Crippen molar-refractivity contribution in [1.29, 1.82) is 0 Å². The number of alkyl halides is 1. The highest BCUT2D eigenvalue weighted by Crippen LogP contribution is 2.32. The zero-order valence-corrected chi connectivity index (χ0v) is 9.59. The maximum atomic E-state index is 12.6. The molecule has 0 aromatic carbocycles. The molecule has 19 heavy (non-hydrogen) atoms. The minimum absolute atomic E-state index is 0.136. The van der Waals surface area contributed by atoms with Crippen molar-refractivity contribution in [2.45, 2.75) is 24.5 Å². The van der Waals surface area contributed by atoms with Crippen LogP contribution in [-0.4, -0.2) is 59.8 Å². The van der Waals surface area contributed by atoms with Crippen molar-refractivity contribution in [3.63, 3.8) is 0 Å². The maximum absolute atomic E-state index is 12.6. The van der Waals surface area contributed by atoms with Gasteiger partial charge in [0.05, 0.1) is 6.33 Å².